The summed E-state index contributed by atoms with van der Waals surface area (Å²) in [5, 5.41) is 1.91. The molecule has 2 rings (SSSR count). The molecule has 0 spiro atoms. The first kappa shape index (κ1) is 13.1. The topological polar surface area (TPSA) is 12.9 Å². The Kier molecular flexibility index (Phi) is 4.38. The van der Waals surface area contributed by atoms with Gasteiger partial charge in [-0.15, -0.1) is 0 Å². The lowest BCUT2D eigenvalue weighted by atomic mass is 10.0. The van der Waals surface area contributed by atoms with Gasteiger partial charge in [0.1, 0.15) is 0 Å². The molecule has 1 aromatic heterocycles. The number of fused-ring (bicyclic) bond motifs is 1. The van der Waals surface area contributed by atoms with Crippen molar-refractivity contribution in [3.8, 4) is 0 Å². The van der Waals surface area contributed by atoms with Gasteiger partial charge in [0.15, 0.2) is 0 Å². The van der Waals surface area contributed by atoms with Crippen LogP contribution in [0.25, 0.3) is 17.0 Å². The third kappa shape index (κ3) is 2.91. The zero-order valence-electron chi connectivity index (χ0n) is 10.9. The van der Waals surface area contributed by atoms with Crippen LogP contribution in [-0.4, -0.2) is 4.98 Å². The molecule has 0 N–H and O–H groups in total. The van der Waals surface area contributed by atoms with Crippen LogP contribution >= 0.6 is 11.6 Å². The molecule has 1 heterocycles. The minimum absolute atomic E-state index is 0.737. The van der Waals surface area contributed by atoms with E-state index in [0.29, 0.717) is 0 Å². The molecule has 0 amide bonds. The number of hydrogen-bond donors (Lipinski definition) is 0. The molecule has 0 saturated carbocycles. The van der Waals surface area contributed by atoms with Gasteiger partial charge in [0.2, 0.25) is 0 Å². The van der Waals surface area contributed by atoms with Crippen LogP contribution in [0.15, 0.2) is 30.5 Å². The largest absolute Gasteiger partial charge is 0.256 e. The van der Waals surface area contributed by atoms with Crippen LogP contribution in [0.5, 0.6) is 0 Å². The molecular formula is C16H18ClN. The van der Waals surface area contributed by atoms with E-state index >= 15 is 0 Å². The summed E-state index contributed by atoms with van der Waals surface area (Å²) in [6.07, 6.45) is 9.94. The Labute approximate surface area is 114 Å². The number of benzene rings is 1. The summed E-state index contributed by atoms with van der Waals surface area (Å²) >= 11 is 5.98. The Balaban J connectivity index is 2.33. The summed E-state index contributed by atoms with van der Waals surface area (Å²) in [5.41, 5.74) is 3.43. The van der Waals surface area contributed by atoms with Crippen LogP contribution in [0.3, 0.4) is 0 Å². The van der Waals surface area contributed by atoms with Gasteiger partial charge in [-0.2, -0.15) is 0 Å². The fourth-order valence-electron chi connectivity index (χ4n) is 2.02. The maximum absolute atomic E-state index is 5.98. The highest BCUT2D eigenvalue weighted by Crippen LogP contribution is 2.23. The second-order valence-electron chi connectivity index (χ2n) is 4.54. The molecule has 2 heteroatoms. The maximum Gasteiger partial charge on any atom is 0.0719 e. The van der Waals surface area contributed by atoms with Crippen molar-refractivity contribution in [2.24, 2.45) is 0 Å². The molecule has 0 unspecified atom stereocenters. The first-order valence-electron chi connectivity index (χ1n) is 6.43. The molecule has 1 aromatic carbocycles. The molecule has 0 atom stereocenters. The fraction of sp³-hybridized carbons (Fsp3) is 0.312. The van der Waals surface area contributed by atoms with Crippen molar-refractivity contribution in [2.75, 3.05) is 0 Å². The molecular weight excluding hydrogens is 242 g/mol. The number of allylic oxidation sites excluding steroid dienone is 1. The highest BCUT2D eigenvalue weighted by Gasteiger charge is 2.03. The second kappa shape index (κ2) is 6.01. The van der Waals surface area contributed by atoms with Crippen LogP contribution < -0.4 is 0 Å². The van der Waals surface area contributed by atoms with E-state index in [1.807, 2.05) is 24.4 Å². The second-order valence-corrected chi connectivity index (χ2v) is 4.98. The monoisotopic (exact) mass is 259 g/mol. The smallest absolute Gasteiger partial charge is 0.0719 e. The van der Waals surface area contributed by atoms with Gasteiger partial charge in [-0.05, 0) is 36.6 Å². The van der Waals surface area contributed by atoms with Crippen LogP contribution in [-0.2, 0) is 0 Å². The zero-order chi connectivity index (χ0) is 13.0. The van der Waals surface area contributed by atoms with Crippen LogP contribution in [0, 0.1) is 6.92 Å². The minimum atomic E-state index is 0.737. The van der Waals surface area contributed by atoms with Crippen molar-refractivity contribution < 1.29 is 0 Å². The van der Waals surface area contributed by atoms with Crippen LogP contribution in [0.2, 0.25) is 5.02 Å². The van der Waals surface area contributed by atoms with E-state index in [4.69, 9.17) is 11.6 Å². The molecule has 0 aliphatic heterocycles. The molecule has 2 aromatic rings. The highest BCUT2D eigenvalue weighted by molar-refractivity contribution is 6.31. The molecule has 18 heavy (non-hydrogen) atoms. The van der Waals surface area contributed by atoms with Gasteiger partial charge in [-0.25, -0.2) is 0 Å². The summed E-state index contributed by atoms with van der Waals surface area (Å²) in [6, 6.07) is 5.88. The predicted octanol–water partition coefficient (Wildman–Crippen LogP) is 5.40. The van der Waals surface area contributed by atoms with Gasteiger partial charge in [0, 0.05) is 16.6 Å². The quantitative estimate of drug-likeness (QED) is 0.670. The summed E-state index contributed by atoms with van der Waals surface area (Å²) in [7, 11) is 0. The number of aryl methyl sites for hydroxylation is 1. The van der Waals surface area contributed by atoms with E-state index < -0.39 is 0 Å². The number of hydrogen-bond acceptors (Lipinski definition) is 1. The first-order valence-corrected chi connectivity index (χ1v) is 6.81. The van der Waals surface area contributed by atoms with Crippen molar-refractivity contribution >= 4 is 28.6 Å². The lowest BCUT2D eigenvalue weighted by Crippen LogP contribution is -1.87. The summed E-state index contributed by atoms with van der Waals surface area (Å²) in [5.74, 6) is 0. The summed E-state index contributed by atoms with van der Waals surface area (Å²) in [4.78, 5) is 4.47. The normalized spacial score (nSPS) is 11.5. The molecule has 0 aliphatic carbocycles. The Hall–Kier alpha value is -1.34. The third-order valence-electron chi connectivity index (χ3n) is 3.16. The van der Waals surface area contributed by atoms with Gasteiger partial charge >= 0.3 is 0 Å². The lowest BCUT2D eigenvalue weighted by molar-refractivity contribution is 0.816. The molecule has 1 nitrogen and oxygen atoms in total. The Morgan fingerprint density at radius 3 is 2.94 bits per heavy atom. The van der Waals surface area contributed by atoms with E-state index in [9.17, 15) is 0 Å². The van der Waals surface area contributed by atoms with E-state index in [-0.39, 0.29) is 0 Å². The number of unbranched alkanes of at least 4 members (excludes halogenated alkanes) is 2. The maximum atomic E-state index is 5.98. The van der Waals surface area contributed by atoms with Gasteiger partial charge in [0.25, 0.3) is 0 Å². The number of halogens is 1. The number of rotatable bonds is 4. The average molecular weight is 260 g/mol. The van der Waals surface area contributed by atoms with Crippen LogP contribution in [0.1, 0.15) is 37.3 Å². The van der Waals surface area contributed by atoms with Crippen molar-refractivity contribution in [2.45, 2.75) is 33.1 Å². The predicted molar refractivity (Wildman–Crippen MR) is 80.0 cm³/mol. The lowest BCUT2D eigenvalue weighted by Gasteiger charge is -2.05. The van der Waals surface area contributed by atoms with E-state index in [0.717, 1.165) is 17.0 Å². The van der Waals surface area contributed by atoms with E-state index in [1.54, 1.807) is 0 Å². The zero-order valence-corrected chi connectivity index (χ0v) is 11.7. The van der Waals surface area contributed by atoms with Crippen molar-refractivity contribution in [3.05, 3.63) is 46.6 Å². The third-order valence-corrected chi connectivity index (χ3v) is 3.40. The molecule has 94 valence electrons. The molecule has 0 aliphatic rings. The number of nitrogens with zero attached hydrogens (tertiary/aromatic N) is 1. The summed E-state index contributed by atoms with van der Waals surface area (Å²) < 4.78 is 0. The van der Waals surface area contributed by atoms with Crippen molar-refractivity contribution in [1.82, 2.24) is 4.98 Å². The number of pyridine rings is 1. The van der Waals surface area contributed by atoms with Crippen molar-refractivity contribution in [3.63, 3.8) is 0 Å². The van der Waals surface area contributed by atoms with Gasteiger partial charge in [0.05, 0.1) is 5.52 Å². The molecule has 0 saturated heterocycles. The SMILES string of the molecule is CCCCC=Cc1cnc2cc(Cl)ccc2c1C. The van der Waals surface area contributed by atoms with E-state index in [2.05, 4.69) is 31.0 Å². The molecule has 0 bridgehead atoms. The average Bonchev–Trinajstić information content (AvgIpc) is 2.37. The Morgan fingerprint density at radius 1 is 1.33 bits per heavy atom. The Morgan fingerprint density at radius 2 is 2.17 bits per heavy atom. The molecule has 0 radical (unpaired) electrons. The van der Waals surface area contributed by atoms with Gasteiger partial charge < -0.3 is 0 Å². The fourth-order valence-corrected chi connectivity index (χ4v) is 2.19. The van der Waals surface area contributed by atoms with Gasteiger partial charge in [-0.1, -0.05) is 49.6 Å². The summed E-state index contributed by atoms with van der Waals surface area (Å²) in [6.45, 7) is 4.35. The highest BCUT2D eigenvalue weighted by atomic mass is 35.5. The van der Waals surface area contributed by atoms with Gasteiger partial charge in [-0.3, -0.25) is 4.98 Å². The number of aromatic nitrogens is 1. The van der Waals surface area contributed by atoms with Crippen molar-refractivity contribution in [1.29, 1.82) is 0 Å². The standard InChI is InChI=1S/C16H18ClN/c1-3-4-5-6-7-13-11-18-16-10-14(17)8-9-15(16)12(13)2/h6-11H,3-5H2,1-2H3. The minimum Gasteiger partial charge on any atom is -0.256 e. The Bertz CT molecular complexity index is 573. The molecule has 0 fully saturated rings. The first-order chi connectivity index (χ1) is 8.72. The van der Waals surface area contributed by atoms with E-state index in [1.165, 1.54) is 29.4 Å². The van der Waals surface area contributed by atoms with Crippen LogP contribution in [0.4, 0.5) is 0 Å².